The molecule has 1 aliphatic rings. The summed E-state index contributed by atoms with van der Waals surface area (Å²) in [7, 11) is 0. The molecule has 2 rings (SSSR count). The van der Waals surface area contributed by atoms with Crippen molar-refractivity contribution in [3.05, 3.63) is 35.9 Å². The van der Waals surface area contributed by atoms with E-state index in [4.69, 9.17) is 5.11 Å². The number of piperidine rings is 1. The van der Waals surface area contributed by atoms with E-state index in [0.717, 1.165) is 12.0 Å². The van der Waals surface area contributed by atoms with Gasteiger partial charge in [-0.05, 0) is 36.1 Å². The predicted molar refractivity (Wildman–Crippen MR) is 73.5 cm³/mol. The Morgan fingerprint density at radius 2 is 2.05 bits per heavy atom. The van der Waals surface area contributed by atoms with E-state index in [2.05, 4.69) is 0 Å². The third-order valence-electron chi connectivity index (χ3n) is 3.54. The molecule has 1 saturated heterocycles. The Bertz CT molecular complexity index is 467. The quantitative estimate of drug-likeness (QED) is 0.796. The normalized spacial score (nSPS) is 23.8. The summed E-state index contributed by atoms with van der Waals surface area (Å²) in [6.07, 6.45) is 3.63. The molecule has 1 amide bonds. The molecular weight excluding hydrogens is 242 g/mol. The molecule has 0 radical (unpaired) electrons. The Hall–Kier alpha value is -1.81. The maximum atomic E-state index is 12.0. The van der Waals surface area contributed by atoms with E-state index in [-0.39, 0.29) is 17.6 Å². The van der Waals surface area contributed by atoms with Gasteiger partial charge in [-0.3, -0.25) is 4.79 Å². The molecule has 0 spiro atoms. The van der Waals surface area contributed by atoms with Crippen molar-refractivity contribution < 1.29 is 15.0 Å². The molecule has 2 N–H and O–H groups in total. The zero-order valence-electron chi connectivity index (χ0n) is 11.0. The molecule has 4 nitrogen and oxygen atoms in total. The van der Waals surface area contributed by atoms with Gasteiger partial charge in [0.1, 0.15) is 5.75 Å². The lowest BCUT2D eigenvalue weighted by Gasteiger charge is -2.33. The molecule has 0 aliphatic carbocycles. The second-order valence-corrected chi connectivity index (χ2v) is 5.04. The van der Waals surface area contributed by atoms with Gasteiger partial charge in [0.2, 0.25) is 5.91 Å². The Balaban J connectivity index is 1.95. The highest BCUT2D eigenvalue weighted by Gasteiger charge is 2.25. The number of aliphatic hydroxyl groups is 1. The highest BCUT2D eigenvalue weighted by molar-refractivity contribution is 5.91. The van der Waals surface area contributed by atoms with Crippen LogP contribution >= 0.6 is 0 Å². The number of nitrogens with zero attached hydrogens (tertiary/aromatic N) is 1. The smallest absolute Gasteiger partial charge is 0.246 e. The van der Waals surface area contributed by atoms with Crippen LogP contribution in [0.5, 0.6) is 5.75 Å². The number of β-amino-alcohol motifs (C(OH)–C–C–N with tert-alkyl or cyclic N) is 1. The fraction of sp³-hybridized carbons (Fsp3) is 0.400. The van der Waals surface area contributed by atoms with Gasteiger partial charge in [0.15, 0.2) is 0 Å². The summed E-state index contributed by atoms with van der Waals surface area (Å²) >= 11 is 0. The highest BCUT2D eigenvalue weighted by Crippen LogP contribution is 2.17. The average molecular weight is 261 g/mol. The van der Waals surface area contributed by atoms with Gasteiger partial charge >= 0.3 is 0 Å². The zero-order valence-corrected chi connectivity index (χ0v) is 11.0. The van der Waals surface area contributed by atoms with Gasteiger partial charge in [-0.2, -0.15) is 0 Å². The summed E-state index contributed by atoms with van der Waals surface area (Å²) in [5, 5.41) is 18.9. The van der Waals surface area contributed by atoms with Gasteiger partial charge < -0.3 is 15.1 Å². The van der Waals surface area contributed by atoms with Crippen LogP contribution in [0, 0.1) is 5.92 Å². The number of carbonyl (C=O) groups is 1. The van der Waals surface area contributed by atoms with Crippen LogP contribution in [0.4, 0.5) is 0 Å². The summed E-state index contributed by atoms with van der Waals surface area (Å²) in [6, 6.07) is 6.64. The molecule has 1 aromatic carbocycles. The number of aromatic hydroxyl groups is 1. The number of hydrogen-bond acceptors (Lipinski definition) is 3. The van der Waals surface area contributed by atoms with Crippen LogP contribution in [0.25, 0.3) is 6.08 Å². The van der Waals surface area contributed by atoms with Crippen molar-refractivity contribution >= 4 is 12.0 Å². The number of carbonyl (C=O) groups excluding carboxylic acids is 1. The lowest BCUT2D eigenvalue weighted by Crippen LogP contribution is -2.45. The van der Waals surface area contributed by atoms with Crippen molar-refractivity contribution in [3.8, 4) is 5.75 Å². The van der Waals surface area contributed by atoms with Crippen LogP contribution in [0.2, 0.25) is 0 Å². The van der Waals surface area contributed by atoms with Crippen LogP contribution in [0.15, 0.2) is 30.3 Å². The minimum atomic E-state index is -0.431. The number of aliphatic hydroxyl groups excluding tert-OH is 1. The van der Waals surface area contributed by atoms with E-state index < -0.39 is 6.10 Å². The molecular formula is C15H19NO3. The van der Waals surface area contributed by atoms with Gasteiger partial charge in [-0.1, -0.05) is 19.1 Å². The van der Waals surface area contributed by atoms with E-state index >= 15 is 0 Å². The number of amides is 1. The molecule has 0 aromatic heterocycles. The predicted octanol–water partition coefficient (Wildman–Crippen LogP) is 1.63. The molecule has 19 heavy (non-hydrogen) atoms. The SMILES string of the molecule is CC1CCN(C(=O)/C=C/c2ccc(O)cc2)CC1O. The molecule has 1 heterocycles. The molecule has 1 aliphatic heterocycles. The molecule has 0 bridgehead atoms. The first-order chi connectivity index (χ1) is 9.06. The molecule has 102 valence electrons. The van der Waals surface area contributed by atoms with Crippen LogP contribution in [0.1, 0.15) is 18.9 Å². The van der Waals surface area contributed by atoms with Crippen LogP contribution in [-0.4, -0.2) is 40.2 Å². The number of benzene rings is 1. The summed E-state index contributed by atoms with van der Waals surface area (Å²) in [5.41, 5.74) is 0.858. The fourth-order valence-electron chi connectivity index (χ4n) is 2.11. The number of hydrogen-bond donors (Lipinski definition) is 2. The van der Waals surface area contributed by atoms with Gasteiger partial charge in [0, 0.05) is 19.2 Å². The summed E-state index contributed by atoms with van der Waals surface area (Å²) in [4.78, 5) is 13.6. The van der Waals surface area contributed by atoms with Crippen molar-refractivity contribution in [1.82, 2.24) is 4.90 Å². The third kappa shape index (κ3) is 3.58. The maximum Gasteiger partial charge on any atom is 0.246 e. The molecule has 1 fully saturated rings. The molecule has 4 heteroatoms. The van der Waals surface area contributed by atoms with Gasteiger partial charge in [-0.15, -0.1) is 0 Å². The fourth-order valence-corrected chi connectivity index (χ4v) is 2.11. The Morgan fingerprint density at radius 1 is 1.37 bits per heavy atom. The number of phenolic OH excluding ortho intramolecular Hbond substituents is 1. The van der Waals surface area contributed by atoms with E-state index in [1.54, 1.807) is 35.2 Å². The molecule has 2 atom stereocenters. The monoisotopic (exact) mass is 261 g/mol. The van der Waals surface area contributed by atoms with Crippen molar-refractivity contribution in [1.29, 1.82) is 0 Å². The first-order valence-corrected chi connectivity index (χ1v) is 6.50. The van der Waals surface area contributed by atoms with E-state index in [0.29, 0.717) is 13.1 Å². The first kappa shape index (κ1) is 13.6. The van der Waals surface area contributed by atoms with Gasteiger partial charge in [-0.25, -0.2) is 0 Å². The summed E-state index contributed by atoms with van der Waals surface area (Å²) < 4.78 is 0. The van der Waals surface area contributed by atoms with Gasteiger partial charge in [0.25, 0.3) is 0 Å². The Morgan fingerprint density at radius 3 is 2.68 bits per heavy atom. The number of rotatable bonds is 2. The summed E-state index contributed by atoms with van der Waals surface area (Å²) in [5.74, 6) is 0.376. The van der Waals surface area contributed by atoms with Gasteiger partial charge in [0.05, 0.1) is 6.10 Å². The Labute approximate surface area is 113 Å². The third-order valence-corrected chi connectivity index (χ3v) is 3.54. The van der Waals surface area contributed by atoms with E-state index in [9.17, 15) is 9.90 Å². The minimum absolute atomic E-state index is 0.0842. The Kier molecular flexibility index (Phi) is 4.22. The highest BCUT2D eigenvalue weighted by atomic mass is 16.3. The van der Waals surface area contributed by atoms with Crippen molar-refractivity contribution in [2.45, 2.75) is 19.4 Å². The van der Waals surface area contributed by atoms with Crippen LogP contribution < -0.4 is 0 Å². The first-order valence-electron chi connectivity index (χ1n) is 6.50. The number of likely N-dealkylation sites (tertiary alicyclic amines) is 1. The van der Waals surface area contributed by atoms with Crippen LogP contribution in [0.3, 0.4) is 0 Å². The minimum Gasteiger partial charge on any atom is -0.508 e. The molecule has 2 unspecified atom stereocenters. The molecule has 0 saturated carbocycles. The second kappa shape index (κ2) is 5.89. The lowest BCUT2D eigenvalue weighted by atomic mass is 9.96. The van der Waals surface area contributed by atoms with E-state index in [1.807, 2.05) is 6.92 Å². The standard InChI is InChI=1S/C15H19NO3/c1-11-8-9-16(10-14(11)18)15(19)7-4-12-2-5-13(17)6-3-12/h2-7,11,14,17-18H,8-10H2,1H3/b7-4+. The number of phenols is 1. The summed E-state index contributed by atoms with van der Waals surface area (Å²) in [6.45, 7) is 3.09. The van der Waals surface area contributed by atoms with Crippen molar-refractivity contribution in [2.75, 3.05) is 13.1 Å². The zero-order chi connectivity index (χ0) is 13.8. The second-order valence-electron chi connectivity index (χ2n) is 5.04. The largest absolute Gasteiger partial charge is 0.508 e. The van der Waals surface area contributed by atoms with Crippen molar-refractivity contribution in [3.63, 3.8) is 0 Å². The van der Waals surface area contributed by atoms with E-state index in [1.165, 1.54) is 6.08 Å². The van der Waals surface area contributed by atoms with Crippen molar-refractivity contribution in [2.24, 2.45) is 5.92 Å². The van der Waals surface area contributed by atoms with Crippen LogP contribution in [-0.2, 0) is 4.79 Å². The topological polar surface area (TPSA) is 60.8 Å². The molecule has 1 aromatic rings. The lowest BCUT2D eigenvalue weighted by molar-refractivity contribution is -0.130. The maximum absolute atomic E-state index is 12.0. The average Bonchev–Trinajstić information content (AvgIpc) is 2.41.